The first-order valence-corrected chi connectivity index (χ1v) is 20.8. The number of nitrogens with zero attached hydrogens (tertiary/aromatic N) is 5. The van der Waals surface area contributed by atoms with Crippen molar-refractivity contribution in [3.63, 3.8) is 0 Å². The maximum absolute atomic E-state index is 15.1. The van der Waals surface area contributed by atoms with Crippen LogP contribution in [0.2, 0.25) is 0 Å². The molecule has 8 aromatic carbocycles. The summed E-state index contributed by atoms with van der Waals surface area (Å²) in [6.45, 7) is 0. The van der Waals surface area contributed by atoms with E-state index < -0.39 is 7.14 Å². The fourth-order valence-electron chi connectivity index (χ4n) is 7.47. The molecule has 0 aliphatic carbocycles. The van der Waals surface area contributed by atoms with E-state index in [-0.39, 0.29) is 11.1 Å². The summed E-state index contributed by atoms with van der Waals surface area (Å²) in [6.07, 6.45) is 0. The Morgan fingerprint density at radius 3 is 1.12 bits per heavy atom. The minimum Gasteiger partial charge on any atom is -0.311 e. The SMILES string of the molecule is N#Cc1cc2nc(-c3ccc(-c4ccc(N(c5ccccc5)c5ccccc5)cc4)cc3)c(-c3ccc(P(=O)(c4ccccc4)c4ccccc4)cc3)nc2cc1C#N. The lowest BCUT2D eigenvalue weighted by Crippen LogP contribution is -2.24. The van der Waals surface area contributed by atoms with Gasteiger partial charge in [0.25, 0.3) is 0 Å². The van der Waals surface area contributed by atoms with E-state index in [0.717, 1.165) is 49.9 Å². The fourth-order valence-corrected chi connectivity index (χ4v) is 10.1. The second-order valence-corrected chi connectivity index (χ2v) is 16.8. The van der Waals surface area contributed by atoms with E-state index >= 15 is 4.57 Å². The molecular weight excluding hydrogens is 742 g/mol. The quantitative estimate of drug-likeness (QED) is 0.136. The number of aromatic nitrogens is 2. The second kappa shape index (κ2) is 15.9. The molecule has 278 valence electrons. The second-order valence-electron chi connectivity index (χ2n) is 14.0. The zero-order valence-corrected chi connectivity index (χ0v) is 32.6. The molecule has 0 bridgehead atoms. The van der Waals surface area contributed by atoms with Crippen LogP contribution in [-0.4, -0.2) is 9.97 Å². The van der Waals surface area contributed by atoms with Gasteiger partial charge in [-0.15, -0.1) is 0 Å². The first kappa shape index (κ1) is 36.7. The number of anilines is 3. The van der Waals surface area contributed by atoms with Gasteiger partial charge in [-0.05, 0) is 59.7 Å². The summed E-state index contributed by atoms with van der Waals surface area (Å²) in [5.74, 6) is 0. The van der Waals surface area contributed by atoms with E-state index in [9.17, 15) is 10.5 Å². The van der Waals surface area contributed by atoms with E-state index in [1.807, 2.05) is 133 Å². The summed E-state index contributed by atoms with van der Waals surface area (Å²) < 4.78 is 15.1. The van der Waals surface area contributed by atoms with Crippen molar-refractivity contribution < 1.29 is 4.57 Å². The largest absolute Gasteiger partial charge is 0.311 e. The molecule has 0 unspecified atom stereocenters. The molecule has 0 fully saturated rings. The number of hydrogen-bond donors (Lipinski definition) is 0. The molecule has 0 saturated heterocycles. The molecule has 0 spiro atoms. The lowest BCUT2D eigenvalue weighted by atomic mass is 9.99. The first-order chi connectivity index (χ1) is 29.0. The van der Waals surface area contributed by atoms with Crippen molar-refractivity contribution in [3.05, 3.63) is 217 Å². The summed E-state index contributed by atoms with van der Waals surface area (Å²) >= 11 is 0. The van der Waals surface area contributed by atoms with Crippen LogP contribution in [0.3, 0.4) is 0 Å². The van der Waals surface area contributed by atoms with Gasteiger partial charge in [0.2, 0.25) is 0 Å². The molecule has 9 aromatic rings. The van der Waals surface area contributed by atoms with Gasteiger partial charge in [0, 0.05) is 44.1 Å². The molecule has 1 heterocycles. The fraction of sp³-hybridized carbons (Fsp3) is 0. The van der Waals surface area contributed by atoms with Crippen molar-refractivity contribution in [2.75, 3.05) is 4.90 Å². The van der Waals surface area contributed by atoms with Crippen LogP contribution in [0, 0.1) is 22.7 Å². The lowest BCUT2D eigenvalue weighted by molar-refractivity contribution is 0.592. The van der Waals surface area contributed by atoms with Gasteiger partial charge in [-0.25, -0.2) is 9.97 Å². The van der Waals surface area contributed by atoms with E-state index in [2.05, 4.69) is 77.7 Å². The highest BCUT2D eigenvalue weighted by molar-refractivity contribution is 7.85. The van der Waals surface area contributed by atoms with Gasteiger partial charge in [-0.3, -0.25) is 0 Å². The standard InChI is InChI=1S/C52H34N5OP/c53-35-41-33-49-50(34-42(41)36-54)56-52(40-27-31-48(32-28-40)59(58,46-17-9-3-10-18-46)47-19-11-4-12-20-47)51(55-49)39-23-21-37(22-24-39)38-25-29-45(30-26-38)57(43-13-5-1-6-14-43)44-15-7-2-8-16-44/h1-34H. The third kappa shape index (κ3) is 7.07. The van der Waals surface area contributed by atoms with Gasteiger partial charge >= 0.3 is 0 Å². The van der Waals surface area contributed by atoms with Crippen molar-refractivity contribution in [2.45, 2.75) is 0 Å². The number of benzene rings is 8. The minimum absolute atomic E-state index is 0.237. The Bertz CT molecular complexity index is 2970. The number of hydrogen-bond acceptors (Lipinski definition) is 6. The average Bonchev–Trinajstić information content (AvgIpc) is 3.32. The molecule has 0 atom stereocenters. The van der Waals surface area contributed by atoms with Gasteiger partial charge in [-0.1, -0.05) is 158 Å². The van der Waals surface area contributed by atoms with Gasteiger partial charge in [-0.2, -0.15) is 10.5 Å². The molecule has 0 saturated carbocycles. The van der Waals surface area contributed by atoms with E-state index in [1.165, 1.54) is 0 Å². The Hall–Kier alpha value is -7.89. The zero-order chi connectivity index (χ0) is 40.2. The van der Waals surface area contributed by atoms with Crippen molar-refractivity contribution in [3.8, 4) is 45.8 Å². The molecule has 0 radical (unpaired) electrons. The predicted octanol–water partition coefficient (Wildman–Crippen LogP) is 11.5. The van der Waals surface area contributed by atoms with Gasteiger partial charge in [0.15, 0.2) is 7.14 Å². The van der Waals surface area contributed by atoms with Crippen LogP contribution in [0.5, 0.6) is 0 Å². The smallest absolute Gasteiger partial charge is 0.171 e. The van der Waals surface area contributed by atoms with Crippen LogP contribution in [-0.2, 0) is 4.57 Å². The number of nitriles is 2. The molecule has 0 N–H and O–H groups in total. The highest BCUT2D eigenvalue weighted by Gasteiger charge is 2.29. The Labute approximate surface area is 343 Å². The van der Waals surface area contributed by atoms with Gasteiger partial charge in [0.1, 0.15) is 12.1 Å². The number of fused-ring (bicyclic) bond motifs is 1. The molecule has 7 heteroatoms. The molecule has 6 nitrogen and oxygen atoms in total. The highest BCUT2D eigenvalue weighted by atomic mass is 31.2. The molecule has 9 rings (SSSR count). The predicted molar refractivity (Wildman–Crippen MR) is 239 cm³/mol. The average molecular weight is 776 g/mol. The number of para-hydroxylation sites is 2. The molecule has 0 amide bonds. The van der Waals surface area contributed by atoms with Crippen LogP contribution in [0.1, 0.15) is 11.1 Å². The first-order valence-electron chi connectivity index (χ1n) is 19.1. The van der Waals surface area contributed by atoms with Crippen LogP contribution >= 0.6 is 7.14 Å². The zero-order valence-electron chi connectivity index (χ0n) is 31.7. The Morgan fingerprint density at radius 2 is 0.712 bits per heavy atom. The van der Waals surface area contributed by atoms with Crippen LogP contribution in [0.25, 0.3) is 44.7 Å². The Balaban J connectivity index is 1.10. The summed E-state index contributed by atoms with van der Waals surface area (Å²) in [6, 6.07) is 71.7. The topological polar surface area (TPSA) is 93.7 Å². The normalized spacial score (nSPS) is 11.1. The van der Waals surface area contributed by atoms with Gasteiger partial charge in [0.05, 0.1) is 33.5 Å². The van der Waals surface area contributed by atoms with Crippen molar-refractivity contribution in [1.82, 2.24) is 9.97 Å². The maximum atomic E-state index is 15.1. The summed E-state index contributed by atoms with van der Waals surface area (Å²) in [5, 5.41) is 21.8. The molecule has 0 aliphatic heterocycles. The van der Waals surface area contributed by atoms with E-state index in [0.29, 0.717) is 27.7 Å². The summed E-state index contributed by atoms with van der Waals surface area (Å²) in [5.41, 5.74) is 9.61. The summed E-state index contributed by atoms with van der Waals surface area (Å²) in [4.78, 5) is 12.4. The van der Waals surface area contributed by atoms with E-state index in [4.69, 9.17) is 9.97 Å². The third-order valence-corrected chi connectivity index (χ3v) is 13.5. The number of rotatable bonds is 9. The van der Waals surface area contributed by atoms with Gasteiger partial charge < -0.3 is 9.46 Å². The van der Waals surface area contributed by atoms with Crippen LogP contribution in [0.15, 0.2) is 206 Å². The Morgan fingerprint density at radius 1 is 0.390 bits per heavy atom. The Kier molecular flexibility index (Phi) is 9.92. The molecule has 0 aliphatic rings. The van der Waals surface area contributed by atoms with Crippen molar-refractivity contribution in [2.24, 2.45) is 0 Å². The van der Waals surface area contributed by atoms with Crippen LogP contribution in [0.4, 0.5) is 17.1 Å². The van der Waals surface area contributed by atoms with E-state index in [1.54, 1.807) is 12.1 Å². The summed E-state index contributed by atoms with van der Waals surface area (Å²) in [7, 11) is -3.20. The monoisotopic (exact) mass is 775 g/mol. The van der Waals surface area contributed by atoms with Crippen molar-refractivity contribution in [1.29, 1.82) is 10.5 Å². The molecular formula is C52H34N5OP. The lowest BCUT2D eigenvalue weighted by Gasteiger charge is -2.25. The van der Waals surface area contributed by atoms with Crippen LogP contribution < -0.4 is 20.8 Å². The minimum atomic E-state index is -3.20. The highest BCUT2D eigenvalue weighted by Crippen LogP contribution is 2.43. The maximum Gasteiger partial charge on any atom is 0.171 e. The molecule has 59 heavy (non-hydrogen) atoms. The third-order valence-electron chi connectivity index (χ3n) is 10.4. The van der Waals surface area contributed by atoms with Crippen molar-refractivity contribution >= 4 is 51.2 Å². The molecule has 1 aromatic heterocycles.